The van der Waals surface area contributed by atoms with E-state index in [1.165, 1.54) is 29.8 Å². The van der Waals surface area contributed by atoms with Crippen LogP contribution in [0.25, 0.3) is 0 Å². The Balaban J connectivity index is 2.20. The highest BCUT2D eigenvalue weighted by atomic mass is 32.1. The Labute approximate surface area is 127 Å². The minimum absolute atomic E-state index is 0.451. The zero-order chi connectivity index (χ0) is 14.7. The van der Waals surface area contributed by atoms with Gasteiger partial charge in [0.05, 0.1) is 10.6 Å². The van der Waals surface area contributed by atoms with E-state index in [1.54, 1.807) is 11.5 Å². The van der Waals surface area contributed by atoms with Crippen LogP contribution < -0.4 is 5.32 Å². The van der Waals surface area contributed by atoms with Gasteiger partial charge < -0.3 is 5.32 Å². The van der Waals surface area contributed by atoms with Crippen LogP contribution in [-0.4, -0.2) is 16.1 Å². The van der Waals surface area contributed by atoms with E-state index < -0.39 is 0 Å². The van der Waals surface area contributed by atoms with Crippen molar-refractivity contribution in [1.29, 1.82) is 0 Å². The van der Waals surface area contributed by atoms with Gasteiger partial charge in [0.2, 0.25) is 0 Å². The molecule has 1 fully saturated rings. The molecule has 1 aliphatic rings. The molecule has 0 aliphatic heterocycles. The SMILES string of the molecule is CCNC(c1snnc1C(C)C)C1CCC(C)C(C)C1. The van der Waals surface area contributed by atoms with Crippen LogP contribution >= 0.6 is 11.5 Å². The van der Waals surface area contributed by atoms with Crippen molar-refractivity contribution in [3.8, 4) is 0 Å². The summed E-state index contributed by atoms with van der Waals surface area (Å²) < 4.78 is 4.23. The normalized spacial score (nSPS) is 28.8. The molecule has 3 nitrogen and oxygen atoms in total. The topological polar surface area (TPSA) is 37.8 Å². The minimum atomic E-state index is 0.451. The molecule has 114 valence electrons. The fourth-order valence-corrected chi connectivity index (χ4v) is 4.38. The third kappa shape index (κ3) is 3.40. The number of nitrogens with one attached hydrogen (secondary N) is 1. The molecule has 1 N–H and O–H groups in total. The van der Waals surface area contributed by atoms with Crippen LogP contribution in [0.2, 0.25) is 0 Å². The van der Waals surface area contributed by atoms with E-state index in [0.29, 0.717) is 12.0 Å². The maximum Gasteiger partial charge on any atom is 0.0829 e. The Morgan fingerprint density at radius 2 is 2.00 bits per heavy atom. The van der Waals surface area contributed by atoms with E-state index in [2.05, 4.69) is 49.5 Å². The highest BCUT2D eigenvalue weighted by molar-refractivity contribution is 7.05. The summed E-state index contributed by atoms with van der Waals surface area (Å²) >= 11 is 1.60. The molecule has 0 radical (unpaired) electrons. The molecule has 0 bridgehead atoms. The van der Waals surface area contributed by atoms with E-state index in [9.17, 15) is 0 Å². The maximum absolute atomic E-state index is 4.38. The summed E-state index contributed by atoms with van der Waals surface area (Å²) in [6.07, 6.45) is 4.02. The van der Waals surface area contributed by atoms with Crippen molar-refractivity contribution in [1.82, 2.24) is 14.9 Å². The minimum Gasteiger partial charge on any atom is -0.309 e. The van der Waals surface area contributed by atoms with Crippen molar-refractivity contribution < 1.29 is 0 Å². The lowest BCUT2D eigenvalue weighted by atomic mass is 9.72. The summed E-state index contributed by atoms with van der Waals surface area (Å²) in [7, 11) is 0. The molecule has 0 aromatic carbocycles. The first-order chi connectivity index (χ1) is 9.54. The van der Waals surface area contributed by atoms with Crippen LogP contribution in [0.15, 0.2) is 0 Å². The van der Waals surface area contributed by atoms with Crippen LogP contribution in [0.1, 0.15) is 76.4 Å². The summed E-state index contributed by atoms with van der Waals surface area (Å²) in [5.41, 5.74) is 1.20. The third-order valence-electron chi connectivity index (χ3n) is 4.90. The molecular formula is C16H29N3S. The second-order valence-corrected chi connectivity index (χ2v) is 7.53. The smallest absolute Gasteiger partial charge is 0.0829 e. The van der Waals surface area contributed by atoms with E-state index in [4.69, 9.17) is 0 Å². The van der Waals surface area contributed by atoms with Gasteiger partial charge in [-0.2, -0.15) is 0 Å². The van der Waals surface area contributed by atoms with Gasteiger partial charge in [-0.25, -0.2) is 0 Å². The highest BCUT2D eigenvalue weighted by Crippen LogP contribution is 2.42. The monoisotopic (exact) mass is 295 g/mol. The number of hydrogen-bond acceptors (Lipinski definition) is 4. The average Bonchev–Trinajstić information content (AvgIpc) is 2.88. The van der Waals surface area contributed by atoms with Crippen molar-refractivity contribution in [2.75, 3.05) is 6.54 Å². The zero-order valence-corrected chi connectivity index (χ0v) is 14.3. The summed E-state index contributed by atoms with van der Waals surface area (Å²) in [5.74, 6) is 2.90. The van der Waals surface area contributed by atoms with E-state index in [-0.39, 0.29) is 0 Å². The van der Waals surface area contributed by atoms with E-state index >= 15 is 0 Å². The van der Waals surface area contributed by atoms with Gasteiger partial charge >= 0.3 is 0 Å². The summed E-state index contributed by atoms with van der Waals surface area (Å²) in [6, 6.07) is 0.451. The van der Waals surface area contributed by atoms with Crippen molar-refractivity contribution in [3.05, 3.63) is 10.6 Å². The molecule has 0 saturated heterocycles. The Morgan fingerprint density at radius 1 is 1.25 bits per heavy atom. The lowest BCUT2D eigenvalue weighted by Gasteiger charge is -2.37. The van der Waals surface area contributed by atoms with Crippen molar-refractivity contribution in [2.24, 2.45) is 17.8 Å². The molecule has 1 heterocycles. The summed E-state index contributed by atoms with van der Waals surface area (Å²) in [4.78, 5) is 1.38. The van der Waals surface area contributed by atoms with Crippen LogP contribution in [-0.2, 0) is 0 Å². The second kappa shape index (κ2) is 6.99. The first-order valence-electron chi connectivity index (χ1n) is 8.10. The van der Waals surface area contributed by atoms with Crippen LogP contribution in [0, 0.1) is 17.8 Å². The van der Waals surface area contributed by atoms with Crippen molar-refractivity contribution in [2.45, 2.75) is 65.8 Å². The summed E-state index contributed by atoms with van der Waals surface area (Å²) in [6.45, 7) is 12.5. The molecular weight excluding hydrogens is 266 g/mol. The molecule has 4 atom stereocenters. The number of nitrogens with zero attached hydrogens (tertiary/aromatic N) is 2. The Morgan fingerprint density at radius 3 is 2.60 bits per heavy atom. The number of rotatable bonds is 5. The molecule has 0 spiro atoms. The molecule has 0 amide bonds. The molecule has 1 aromatic rings. The van der Waals surface area contributed by atoms with Gasteiger partial charge in [-0.1, -0.05) is 45.5 Å². The predicted octanol–water partition coefficient (Wildman–Crippen LogP) is 4.38. The average molecular weight is 295 g/mol. The second-order valence-electron chi connectivity index (χ2n) is 6.74. The van der Waals surface area contributed by atoms with Gasteiger partial charge in [-0.15, -0.1) is 5.10 Å². The quantitative estimate of drug-likeness (QED) is 0.875. The first kappa shape index (κ1) is 15.9. The number of aromatic nitrogens is 2. The molecule has 1 aliphatic carbocycles. The Kier molecular flexibility index (Phi) is 5.56. The van der Waals surface area contributed by atoms with Crippen molar-refractivity contribution >= 4 is 11.5 Å². The molecule has 4 unspecified atom stereocenters. The van der Waals surface area contributed by atoms with Crippen molar-refractivity contribution in [3.63, 3.8) is 0 Å². The standard InChI is InChI=1S/C16H29N3S/c1-6-17-15(13-8-7-11(4)12(5)9-13)16-14(10(2)3)18-19-20-16/h10-13,15,17H,6-9H2,1-5H3. The first-order valence-corrected chi connectivity index (χ1v) is 8.87. The van der Waals surface area contributed by atoms with Gasteiger partial charge in [-0.05, 0) is 54.6 Å². The van der Waals surface area contributed by atoms with Gasteiger partial charge in [0.15, 0.2) is 0 Å². The van der Waals surface area contributed by atoms with Crippen LogP contribution in [0.3, 0.4) is 0 Å². The predicted molar refractivity (Wildman–Crippen MR) is 86.1 cm³/mol. The fourth-order valence-electron chi connectivity index (χ4n) is 3.41. The van der Waals surface area contributed by atoms with Gasteiger partial charge in [0, 0.05) is 6.04 Å². The van der Waals surface area contributed by atoms with E-state index in [0.717, 1.165) is 24.3 Å². The maximum atomic E-state index is 4.38. The molecule has 20 heavy (non-hydrogen) atoms. The Bertz CT molecular complexity index is 416. The molecule has 1 saturated carbocycles. The van der Waals surface area contributed by atoms with E-state index in [1.807, 2.05) is 0 Å². The third-order valence-corrected chi connectivity index (χ3v) is 5.73. The number of hydrogen-bond donors (Lipinski definition) is 1. The lowest BCUT2D eigenvalue weighted by Crippen LogP contribution is -2.33. The fraction of sp³-hybridized carbons (Fsp3) is 0.875. The largest absolute Gasteiger partial charge is 0.309 e. The Hall–Kier alpha value is -0.480. The van der Waals surface area contributed by atoms with Gasteiger partial charge in [-0.3, -0.25) is 0 Å². The molecule has 4 heteroatoms. The summed E-state index contributed by atoms with van der Waals surface area (Å²) in [5, 5.41) is 8.09. The van der Waals surface area contributed by atoms with Crippen LogP contribution in [0.5, 0.6) is 0 Å². The van der Waals surface area contributed by atoms with Gasteiger partial charge in [0.25, 0.3) is 0 Å². The van der Waals surface area contributed by atoms with Gasteiger partial charge in [0.1, 0.15) is 0 Å². The zero-order valence-electron chi connectivity index (χ0n) is 13.5. The van der Waals surface area contributed by atoms with Crippen LogP contribution in [0.4, 0.5) is 0 Å². The molecule has 1 aromatic heterocycles. The highest BCUT2D eigenvalue weighted by Gasteiger charge is 2.33. The lowest BCUT2D eigenvalue weighted by molar-refractivity contribution is 0.172. The molecule has 2 rings (SSSR count).